The van der Waals surface area contributed by atoms with E-state index in [1.807, 2.05) is 0 Å². The first-order valence-electron chi connectivity index (χ1n) is 2.31. The van der Waals surface area contributed by atoms with Gasteiger partial charge in [0.15, 0.2) is 0 Å². The van der Waals surface area contributed by atoms with Gasteiger partial charge in [-0.15, -0.1) is 0 Å². The predicted octanol–water partition coefficient (Wildman–Crippen LogP) is 0.588. The second-order valence-electron chi connectivity index (χ2n) is 0.965. The Morgan fingerprint density at radius 1 is 1.56 bits per heavy atom. The molecule has 0 amide bonds. The summed E-state index contributed by atoms with van der Waals surface area (Å²) in [6, 6.07) is 3.46. The number of aliphatic hydroxyl groups is 1. The zero-order valence-electron chi connectivity index (χ0n) is 5.04. The Bertz CT molecular complexity index is 129. The van der Waals surface area contributed by atoms with Crippen molar-refractivity contribution in [3.05, 3.63) is 12.7 Å². The lowest BCUT2D eigenvalue weighted by Gasteiger charge is -1.67. The molecule has 0 saturated carbocycles. The van der Waals surface area contributed by atoms with Crippen LogP contribution in [0.1, 0.15) is 6.42 Å². The van der Waals surface area contributed by atoms with E-state index < -0.39 is 0 Å². The molecule has 1 N–H and O–H groups in total. The highest BCUT2D eigenvalue weighted by Crippen LogP contribution is 1.62. The van der Waals surface area contributed by atoms with Crippen molar-refractivity contribution >= 4 is 0 Å². The molecule has 0 spiro atoms. The molecule has 0 aromatic carbocycles. The SMILES string of the molecule is C=CC#N.N#CCCO. The number of allylic oxidation sites excluding steroid dienone is 1. The van der Waals surface area contributed by atoms with Gasteiger partial charge in [-0.05, 0) is 0 Å². The smallest absolute Gasteiger partial charge is 0.0905 e. The summed E-state index contributed by atoms with van der Waals surface area (Å²) >= 11 is 0. The summed E-state index contributed by atoms with van der Waals surface area (Å²) in [5.41, 5.74) is 0. The van der Waals surface area contributed by atoms with Gasteiger partial charge in [-0.2, -0.15) is 10.5 Å². The van der Waals surface area contributed by atoms with Gasteiger partial charge in [0.2, 0.25) is 0 Å². The number of hydrogen-bond donors (Lipinski definition) is 1. The quantitative estimate of drug-likeness (QED) is 0.520. The summed E-state index contributed by atoms with van der Waals surface area (Å²) in [6.07, 6.45) is 1.43. The van der Waals surface area contributed by atoms with Gasteiger partial charge >= 0.3 is 0 Å². The van der Waals surface area contributed by atoms with Crippen LogP contribution in [0, 0.1) is 22.7 Å². The maximum Gasteiger partial charge on any atom is 0.0905 e. The van der Waals surface area contributed by atoms with Crippen LogP contribution in [0.25, 0.3) is 0 Å². The number of nitriles is 2. The molecule has 0 aromatic rings. The van der Waals surface area contributed by atoms with E-state index in [-0.39, 0.29) is 13.0 Å². The van der Waals surface area contributed by atoms with E-state index in [1.54, 1.807) is 12.1 Å². The summed E-state index contributed by atoms with van der Waals surface area (Å²) in [7, 11) is 0. The third-order valence-corrected chi connectivity index (χ3v) is 0.315. The third kappa shape index (κ3) is 51.8. The standard InChI is InChI=1S/C3H5NO.C3H3N/c4-2-1-3-5;1-2-3-4/h5H,1,3H2;2H,1H2. The molecule has 0 rings (SSSR count). The average molecular weight is 124 g/mol. The number of hydrogen-bond acceptors (Lipinski definition) is 3. The molecule has 48 valence electrons. The van der Waals surface area contributed by atoms with E-state index in [1.165, 1.54) is 6.08 Å². The van der Waals surface area contributed by atoms with E-state index in [2.05, 4.69) is 6.58 Å². The van der Waals surface area contributed by atoms with Crippen LogP contribution in [0.15, 0.2) is 12.7 Å². The van der Waals surface area contributed by atoms with E-state index >= 15 is 0 Å². The van der Waals surface area contributed by atoms with Crippen LogP contribution in [-0.2, 0) is 0 Å². The molecule has 0 radical (unpaired) electrons. The highest BCUT2D eigenvalue weighted by molar-refractivity contribution is 4.93. The fraction of sp³-hybridized carbons (Fsp3) is 0.333. The van der Waals surface area contributed by atoms with Crippen molar-refractivity contribution in [3.63, 3.8) is 0 Å². The van der Waals surface area contributed by atoms with Gasteiger partial charge in [0.25, 0.3) is 0 Å². The fourth-order valence-corrected chi connectivity index (χ4v) is 0.0500. The van der Waals surface area contributed by atoms with Crippen LogP contribution in [0.2, 0.25) is 0 Å². The van der Waals surface area contributed by atoms with Crippen molar-refractivity contribution < 1.29 is 5.11 Å². The normalized spacial score (nSPS) is 5.22. The minimum Gasteiger partial charge on any atom is -0.395 e. The van der Waals surface area contributed by atoms with E-state index in [0.29, 0.717) is 0 Å². The van der Waals surface area contributed by atoms with Gasteiger partial charge in [-0.1, -0.05) is 6.58 Å². The van der Waals surface area contributed by atoms with Crippen LogP contribution < -0.4 is 0 Å². The molecule has 0 aliphatic carbocycles. The number of nitrogens with zero attached hydrogens (tertiary/aromatic N) is 2. The third-order valence-electron chi connectivity index (χ3n) is 0.315. The van der Waals surface area contributed by atoms with E-state index in [9.17, 15) is 0 Å². The second-order valence-corrected chi connectivity index (χ2v) is 0.965. The summed E-state index contributed by atoms with van der Waals surface area (Å²) in [4.78, 5) is 0. The lowest BCUT2D eigenvalue weighted by atomic mass is 10.5. The summed E-state index contributed by atoms with van der Waals surface area (Å²) < 4.78 is 0. The maximum atomic E-state index is 7.84. The van der Waals surface area contributed by atoms with Crippen molar-refractivity contribution in [3.8, 4) is 12.1 Å². The molecule has 0 bridgehead atoms. The van der Waals surface area contributed by atoms with Crippen LogP contribution in [-0.4, -0.2) is 11.7 Å². The molecule has 3 nitrogen and oxygen atoms in total. The van der Waals surface area contributed by atoms with Gasteiger partial charge in [0.1, 0.15) is 0 Å². The Hall–Kier alpha value is -1.32. The van der Waals surface area contributed by atoms with Gasteiger partial charge in [0, 0.05) is 6.08 Å². The highest BCUT2D eigenvalue weighted by atomic mass is 16.2. The molecule has 0 atom stereocenters. The first kappa shape index (κ1) is 10.6. The Morgan fingerprint density at radius 3 is 2.00 bits per heavy atom. The lowest BCUT2D eigenvalue weighted by molar-refractivity contribution is 0.304. The lowest BCUT2D eigenvalue weighted by Crippen LogP contribution is -1.72. The minimum absolute atomic E-state index is 0.0174. The van der Waals surface area contributed by atoms with Crippen molar-refractivity contribution in [2.75, 3.05) is 6.61 Å². The zero-order chi connectivity index (χ0) is 7.54. The van der Waals surface area contributed by atoms with Gasteiger partial charge < -0.3 is 5.11 Å². The molecule has 0 aliphatic rings. The van der Waals surface area contributed by atoms with E-state index in [0.717, 1.165) is 0 Å². The van der Waals surface area contributed by atoms with Crippen LogP contribution in [0.4, 0.5) is 0 Å². The second kappa shape index (κ2) is 15.9. The minimum atomic E-state index is -0.0174. The maximum absolute atomic E-state index is 7.84. The van der Waals surface area contributed by atoms with Crippen molar-refractivity contribution in [2.45, 2.75) is 6.42 Å². The Kier molecular flexibility index (Phi) is 18.8. The van der Waals surface area contributed by atoms with Crippen molar-refractivity contribution in [1.29, 1.82) is 10.5 Å². The molecule has 3 heteroatoms. The fourth-order valence-electron chi connectivity index (χ4n) is 0.0500. The first-order chi connectivity index (χ1) is 4.33. The molecule has 0 aliphatic heterocycles. The summed E-state index contributed by atoms with van der Waals surface area (Å²) in [5, 5.41) is 23.0. The molecule has 0 heterocycles. The number of rotatable bonds is 1. The van der Waals surface area contributed by atoms with Crippen LogP contribution >= 0.6 is 0 Å². The Labute approximate surface area is 54.5 Å². The van der Waals surface area contributed by atoms with Gasteiger partial charge in [0.05, 0.1) is 25.2 Å². The summed E-state index contributed by atoms with van der Waals surface area (Å²) in [5.74, 6) is 0. The zero-order valence-corrected chi connectivity index (χ0v) is 5.04. The molecule has 0 unspecified atom stereocenters. The Balaban J connectivity index is 0. The Morgan fingerprint density at radius 2 is 2.00 bits per heavy atom. The molecule has 9 heavy (non-hydrogen) atoms. The topological polar surface area (TPSA) is 67.8 Å². The predicted molar refractivity (Wildman–Crippen MR) is 33.1 cm³/mol. The summed E-state index contributed by atoms with van der Waals surface area (Å²) in [6.45, 7) is 3.10. The largest absolute Gasteiger partial charge is 0.395 e. The average Bonchev–Trinajstić information content (AvgIpc) is 1.91. The first-order valence-corrected chi connectivity index (χ1v) is 2.31. The molecule has 0 fully saturated rings. The monoisotopic (exact) mass is 124 g/mol. The molecular weight excluding hydrogens is 116 g/mol. The van der Waals surface area contributed by atoms with Crippen LogP contribution in [0.3, 0.4) is 0 Å². The highest BCUT2D eigenvalue weighted by Gasteiger charge is 1.66. The molecular formula is C6H8N2O. The number of aliphatic hydroxyl groups excluding tert-OH is 1. The van der Waals surface area contributed by atoms with Crippen LogP contribution in [0.5, 0.6) is 0 Å². The molecule has 0 aromatic heterocycles. The van der Waals surface area contributed by atoms with Gasteiger partial charge in [-0.3, -0.25) is 0 Å². The van der Waals surface area contributed by atoms with E-state index in [4.69, 9.17) is 15.6 Å². The molecule has 0 saturated heterocycles. The van der Waals surface area contributed by atoms with Gasteiger partial charge in [-0.25, -0.2) is 0 Å². The van der Waals surface area contributed by atoms with Crippen molar-refractivity contribution in [2.24, 2.45) is 0 Å². The van der Waals surface area contributed by atoms with Crippen molar-refractivity contribution in [1.82, 2.24) is 0 Å².